The quantitative estimate of drug-likeness (QED) is 0.635. The number of nitrogens with zero attached hydrogens (tertiary/aromatic N) is 1. The summed E-state index contributed by atoms with van der Waals surface area (Å²) in [6, 6.07) is 0. The van der Waals surface area contributed by atoms with Crippen LogP contribution in [-0.2, 0) is 0 Å². The summed E-state index contributed by atoms with van der Waals surface area (Å²) in [5.74, 6) is 0. The SMILES string of the molecule is C[C@@H]1S/C(=C2/SC=C(CO)S2)SC1C[N+](=O)[O-]. The van der Waals surface area contributed by atoms with Gasteiger partial charge in [-0.25, -0.2) is 0 Å². The van der Waals surface area contributed by atoms with Gasteiger partial charge >= 0.3 is 0 Å². The molecule has 17 heavy (non-hydrogen) atoms. The lowest BCUT2D eigenvalue weighted by Gasteiger charge is -2.05. The summed E-state index contributed by atoms with van der Waals surface area (Å²) in [5, 5.41) is 21.8. The van der Waals surface area contributed by atoms with Crippen molar-refractivity contribution in [2.75, 3.05) is 13.2 Å². The van der Waals surface area contributed by atoms with Crippen LogP contribution in [0.25, 0.3) is 0 Å². The number of thioether (sulfide) groups is 4. The molecular weight excluding hydrogens is 298 g/mol. The summed E-state index contributed by atoms with van der Waals surface area (Å²) in [6.07, 6.45) is 0. The zero-order valence-electron chi connectivity index (χ0n) is 8.99. The third kappa shape index (κ3) is 3.37. The van der Waals surface area contributed by atoms with Gasteiger partial charge in [-0.2, -0.15) is 0 Å². The van der Waals surface area contributed by atoms with Crippen LogP contribution in [0.4, 0.5) is 0 Å². The standard InChI is InChI=1S/C9H11NO3S4/c1-5-7(2-10(12)13)17-9(15-5)8-14-4-6(3-11)16-8/h4-5,7,11H,2-3H2,1H3/b9-8+/t5-,7?/m0/s1. The van der Waals surface area contributed by atoms with E-state index >= 15 is 0 Å². The number of aliphatic hydroxyl groups is 1. The van der Waals surface area contributed by atoms with E-state index in [1.165, 1.54) is 4.24 Å². The fourth-order valence-corrected chi connectivity index (χ4v) is 7.10. The molecule has 0 aromatic carbocycles. The number of hydrogen-bond donors (Lipinski definition) is 1. The molecule has 0 radical (unpaired) electrons. The first-order valence-electron chi connectivity index (χ1n) is 4.94. The van der Waals surface area contributed by atoms with Crippen molar-refractivity contribution in [3.05, 3.63) is 28.9 Å². The van der Waals surface area contributed by atoms with E-state index in [0.29, 0.717) is 0 Å². The monoisotopic (exact) mass is 309 g/mol. The summed E-state index contributed by atoms with van der Waals surface area (Å²) in [4.78, 5) is 11.2. The molecule has 0 saturated carbocycles. The van der Waals surface area contributed by atoms with Crippen molar-refractivity contribution in [3.8, 4) is 0 Å². The van der Waals surface area contributed by atoms with Gasteiger partial charge in [-0.15, -0.1) is 23.5 Å². The predicted octanol–water partition coefficient (Wildman–Crippen LogP) is 2.94. The predicted molar refractivity (Wildman–Crippen MR) is 77.7 cm³/mol. The third-order valence-electron chi connectivity index (χ3n) is 2.25. The average molecular weight is 309 g/mol. The Kier molecular flexibility index (Phi) is 4.76. The number of nitro groups is 1. The average Bonchev–Trinajstić information content (AvgIpc) is 2.85. The van der Waals surface area contributed by atoms with Gasteiger partial charge in [-0.3, -0.25) is 10.1 Å². The van der Waals surface area contributed by atoms with Gasteiger partial charge in [0.05, 0.1) is 20.3 Å². The molecule has 2 heterocycles. The van der Waals surface area contributed by atoms with Gasteiger partial charge < -0.3 is 5.11 Å². The summed E-state index contributed by atoms with van der Waals surface area (Å²) >= 11 is 6.49. The lowest BCUT2D eigenvalue weighted by atomic mass is 10.3. The highest BCUT2D eigenvalue weighted by molar-refractivity contribution is 8.32. The molecule has 94 valence electrons. The maximum atomic E-state index is 10.5. The van der Waals surface area contributed by atoms with Crippen molar-refractivity contribution in [1.82, 2.24) is 0 Å². The molecule has 1 N–H and O–H groups in total. The highest BCUT2D eigenvalue weighted by Crippen LogP contribution is 2.56. The van der Waals surface area contributed by atoms with Gasteiger partial charge in [0.1, 0.15) is 0 Å². The van der Waals surface area contributed by atoms with Crippen molar-refractivity contribution in [1.29, 1.82) is 0 Å². The van der Waals surface area contributed by atoms with E-state index in [4.69, 9.17) is 5.11 Å². The van der Waals surface area contributed by atoms with Crippen LogP contribution in [-0.4, -0.2) is 33.7 Å². The Morgan fingerprint density at radius 1 is 1.47 bits per heavy atom. The van der Waals surface area contributed by atoms with E-state index in [-0.39, 0.29) is 28.6 Å². The van der Waals surface area contributed by atoms with Gasteiger partial charge in [0.2, 0.25) is 6.54 Å². The zero-order valence-corrected chi connectivity index (χ0v) is 12.3. The Morgan fingerprint density at radius 3 is 2.82 bits per heavy atom. The molecule has 0 amide bonds. The topological polar surface area (TPSA) is 63.4 Å². The van der Waals surface area contributed by atoms with Gasteiger partial charge in [0.15, 0.2) is 0 Å². The Morgan fingerprint density at radius 2 is 2.24 bits per heavy atom. The first kappa shape index (κ1) is 13.7. The van der Waals surface area contributed by atoms with Gasteiger partial charge in [-0.05, 0) is 5.41 Å². The molecule has 1 unspecified atom stereocenters. The molecule has 4 nitrogen and oxygen atoms in total. The second-order valence-corrected chi connectivity index (χ2v) is 8.70. The van der Waals surface area contributed by atoms with E-state index < -0.39 is 0 Å². The highest BCUT2D eigenvalue weighted by atomic mass is 32.2. The first-order valence-corrected chi connectivity index (χ1v) is 8.39. The summed E-state index contributed by atoms with van der Waals surface area (Å²) in [7, 11) is 0. The normalized spacial score (nSPS) is 32.9. The second kappa shape index (κ2) is 5.92. The number of aliphatic hydroxyl groups excluding tert-OH is 1. The minimum absolute atomic E-state index is 0.0191. The molecule has 0 bridgehead atoms. The van der Waals surface area contributed by atoms with Crippen LogP contribution in [0.1, 0.15) is 6.92 Å². The number of rotatable bonds is 3. The van der Waals surface area contributed by atoms with Gasteiger partial charge in [0.25, 0.3) is 0 Å². The van der Waals surface area contributed by atoms with E-state index in [1.54, 1.807) is 47.0 Å². The van der Waals surface area contributed by atoms with E-state index in [2.05, 4.69) is 0 Å². The maximum Gasteiger partial charge on any atom is 0.217 e. The molecule has 1 saturated heterocycles. The molecule has 0 aromatic rings. The second-order valence-electron chi connectivity index (χ2n) is 3.53. The smallest absolute Gasteiger partial charge is 0.217 e. The molecule has 2 atom stereocenters. The van der Waals surface area contributed by atoms with Crippen LogP contribution in [0.5, 0.6) is 0 Å². The lowest BCUT2D eigenvalue weighted by Crippen LogP contribution is -2.21. The highest BCUT2D eigenvalue weighted by Gasteiger charge is 2.35. The van der Waals surface area contributed by atoms with Crippen LogP contribution in [0.2, 0.25) is 0 Å². The lowest BCUT2D eigenvalue weighted by molar-refractivity contribution is -0.478. The van der Waals surface area contributed by atoms with Crippen molar-refractivity contribution in [2.45, 2.75) is 17.4 Å². The Balaban J connectivity index is 2.02. The molecule has 0 spiro atoms. The molecule has 8 heteroatoms. The third-order valence-corrected chi connectivity index (χ3v) is 8.32. The van der Waals surface area contributed by atoms with Gasteiger partial charge in [-0.1, -0.05) is 30.4 Å². The van der Waals surface area contributed by atoms with Crippen LogP contribution < -0.4 is 0 Å². The summed E-state index contributed by atoms with van der Waals surface area (Å²) in [5.41, 5.74) is 0. The summed E-state index contributed by atoms with van der Waals surface area (Å²) < 4.78 is 2.32. The van der Waals surface area contributed by atoms with Crippen LogP contribution in [0.3, 0.4) is 0 Å². The molecule has 2 aliphatic heterocycles. The van der Waals surface area contributed by atoms with E-state index in [1.807, 2.05) is 12.3 Å². The van der Waals surface area contributed by atoms with Crippen molar-refractivity contribution < 1.29 is 10.0 Å². The molecule has 0 aromatic heterocycles. The van der Waals surface area contributed by atoms with Crippen LogP contribution in [0.15, 0.2) is 18.8 Å². The number of hydrogen-bond acceptors (Lipinski definition) is 7. The Bertz CT molecular complexity index is 396. The van der Waals surface area contributed by atoms with Crippen LogP contribution >= 0.6 is 47.0 Å². The Hall–Kier alpha value is 0.240. The first-order chi connectivity index (χ1) is 8.10. The van der Waals surface area contributed by atoms with E-state index in [9.17, 15) is 10.1 Å². The van der Waals surface area contributed by atoms with E-state index in [0.717, 1.165) is 9.14 Å². The molecule has 2 aliphatic rings. The molecule has 0 aliphatic carbocycles. The fraction of sp³-hybridized carbons (Fsp3) is 0.556. The Labute approximate surface area is 116 Å². The van der Waals surface area contributed by atoms with Gasteiger partial charge in [0, 0.05) is 15.1 Å². The molecule has 2 rings (SSSR count). The van der Waals surface area contributed by atoms with Crippen molar-refractivity contribution in [2.24, 2.45) is 0 Å². The maximum absolute atomic E-state index is 10.5. The largest absolute Gasteiger partial charge is 0.391 e. The summed E-state index contributed by atoms with van der Waals surface area (Å²) in [6.45, 7) is 2.12. The molecule has 1 fully saturated rings. The zero-order chi connectivity index (χ0) is 12.4. The van der Waals surface area contributed by atoms with Crippen molar-refractivity contribution in [3.63, 3.8) is 0 Å². The molecular formula is C9H11NO3S4. The van der Waals surface area contributed by atoms with Crippen LogP contribution in [0, 0.1) is 10.1 Å². The fourth-order valence-electron chi connectivity index (χ4n) is 1.38. The minimum Gasteiger partial charge on any atom is -0.391 e. The van der Waals surface area contributed by atoms with Crippen molar-refractivity contribution >= 4 is 47.0 Å². The minimum atomic E-state index is -0.241.